The first-order valence-electron chi connectivity index (χ1n) is 7.43. The number of likely N-dealkylation sites (tertiary alicyclic amines) is 1. The summed E-state index contributed by atoms with van der Waals surface area (Å²) in [6, 6.07) is 8.11. The van der Waals surface area contributed by atoms with Crippen LogP contribution < -0.4 is 5.73 Å². The zero-order valence-electron chi connectivity index (χ0n) is 11.9. The minimum Gasteiger partial charge on any atom is -0.465 e. The molecule has 1 aromatic carbocycles. The fourth-order valence-corrected chi connectivity index (χ4v) is 3.29. The van der Waals surface area contributed by atoms with Crippen molar-refractivity contribution in [2.45, 2.75) is 31.1 Å². The highest BCUT2D eigenvalue weighted by Gasteiger charge is 2.35. The van der Waals surface area contributed by atoms with Crippen LogP contribution in [0.2, 0.25) is 0 Å². The number of nitrogens with two attached hydrogens (primary N) is 1. The van der Waals surface area contributed by atoms with Gasteiger partial charge in [0.05, 0.1) is 5.92 Å². The average molecular weight is 288 g/mol. The van der Waals surface area contributed by atoms with Gasteiger partial charge in [0.2, 0.25) is 5.91 Å². The van der Waals surface area contributed by atoms with Crippen molar-refractivity contribution in [1.29, 1.82) is 0 Å². The Morgan fingerprint density at radius 1 is 1.19 bits per heavy atom. The van der Waals surface area contributed by atoms with Crippen molar-refractivity contribution in [3.05, 3.63) is 35.4 Å². The van der Waals surface area contributed by atoms with E-state index in [4.69, 9.17) is 10.8 Å². The van der Waals surface area contributed by atoms with Crippen LogP contribution in [-0.2, 0) is 4.79 Å². The fraction of sp³-hybridized carbons (Fsp3) is 0.500. The second kappa shape index (κ2) is 5.39. The lowest BCUT2D eigenvalue weighted by molar-refractivity contribution is -0.120. The van der Waals surface area contributed by atoms with Gasteiger partial charge in [-0.25, -0.2) is 4.79 Å². The Bertz CT molecular complexity index is 551. The maximum absolute atomic E-state index is 11.9. The van der Waals surface area contributed by atoms with Crippen LogP contribution in [0.3, 0.4) is 0 Å². The summed E-state index contributed by atoms with van der Waals surface area (Å²) in [5, 5.41) is 9.04. The third-order valence-corrected chi connectivity index (χ3v) is 4.62. The molecule has 2 aliphatic rings. The Hall–Kier alpha value is -2.04. The van der Waals surface area contributed by atoms with Crippen LogP contribution in [0.25, 0.3) is 0 Å². The molecule has 0 aromatic heterocycles. The number of nitrogens with zero attached hydrogens (tertiary/aromatic N) is 1. The second-order valence-electron chi connectivity index (χ2n) is 6.10. The molecule has 2 amide bonds. The normalized spacial score (nSPS) is 23.0. The first-order chi connectivity index (χ1) is 10.1. The Balaban J connectivity index is 1.78. The summed E-state index contributed by atoms with van der Waals surface area (Å²) in [6.07, 6.45) is 2.25. The van der Waals surface area contributed by atoms with E-state index in [9.17, 15) is 9.59 Å². The van der Waals surface area contributed by atoms with Crippen LogP contribution in [0.1, 0.15) is 42.2 Å². The minimum atomic E-state index is -0.926. The number of primary amides is 1. The maximum Gasteiger partial charge on any atom is 0.407 e. The lowest BCUT2D eigenvalue weighted by atomic mass is 9.84. The molecule has 2 fully saturated rings. The molecule has 112 valence electrons. The van der Waals surface area contributed by atoms with Crippen LogP contribution in [0.15, 0.2) is 24.3 Å². The molecule has 3 rings (SSSR count). The topological polar surface area (TPSA) is 83.6 Å². The van der Waals surface area contributed by atoms with Gasteiger partial charge < -0.3 is 15.7 Å². The lowest BCUT2D eigenvalue weighted by Crippen LogP contribution is -2.32. The van der Waals surface area contributed by atoms with Crippen molar-refractivity contribution in [3.63, 3.8) is 0 Å². The first kappa shape index (κ1) is 13.9. The molecule has 1 saturated carbocycles. The molecule has 1 unspecified atom stereocenters. The van der Waals surface area contributed by atoms with Gasteiger partial charge >= 0.3 is 6.09 Å². The van der Waals surface area contributed by atoms with Crippen molar-refractivity contribution in [1.82, 2.24) is 4.90 Å². The van der Waals surface area contributed by atoms with E-state index >= 15 is 0 Å². The smallest absolute Gasteiger partial charge is 0.407 e. The summed E-state index contributed by atoms with van der Waals surface area (Å²) in [7, 11) is 0. The van der Waals surface area contributed by atoms with E-state index in [0.717, 1.165) is 5.56 Å². The molecule has 0 radical (unpaired) electrons. The van der Waals surface area contributed by atoms with Crippen molar-refractivity contribution >= 4 is 12.0 Å². The number of carbonyl (C=O) groups is 2. The van der Waals surface area contributed by atoms with Gasteiger partial charge in [-0.1, -0.05) is 24.3 Å². The standard InChI is InChI=1S/C16H20N2O3/c17-15(19)14(13-7-8-18(9-13)16(20)21)12-5-3-11(4-6-12)10-1-2-10/h3-6,10,13-14H,1-2,7-9H2,(H2,17,19)(H,20,21)/t13-,14?/m0/s1. The molecule has 0 spiro atoms. The molecular weight excluding hydrogens is 268 g/mol. The van der Waals surface area contributed by atoms with E-state index in [0.29, 0.717) is 25.4 Å². The summed E-state index contributed by atoms with van der Waals surface area (Å²) in [5.74, 6) is -0.112. The molecule has 1 heterocycles. The summed E-state index contributed by atoms with van der Waals surface area (Å²) in [4.78, 5) is 24.2. The molecule has 1 aliphatic heterocycles. The van der Waals surface area contributed by atoms with Gasteiger partial charge in [0, 0.05) is 13.1 Å². The highest BCUT2D eigenvalue weighted by atomic mass is 16.4. The number of amides is 2. The maximum atomic E-state index is 11.9. The van der Waals surface area contributed by atoms with E-state index in [-0.39, 0.29) is 11.8 Å². The third-order valence-electron chi connectivity index (χ3n) is 4.62. The van der Waals surface area contributed by atoms with Crippen LogP contribution >= 0.6 is 0 Å². The van der Waals surface area contributed by atoms with Gasteiger partial charge in [0.15, 0.2) is 0 Å². The molecule has 5 heteroatoms. The molecule has 3 N–H and O–H groups in total. The van der Waals surface area contributed by atoms with E-state index in [1.165, 1.54) is 23.3 Å². The van der Waals surface area contributed by atoms with Gasteiger partial charge in [-0.15, -0.1) is 0 Å². The number of benzene rings is 1. The highest BCUT2D eigenvalue weighted by molar-refractivity contribution is 5.82. The molecule has 1 aromatic rings. The average Bonchev–Trinajstić information content (AvgIpc) is 3.18. The molecular formula is C16H20N2O3. The lowest BCUT2D eigenvalue weighted by Gasteiger charge is -2.21. The first-order valence-corrected chi connectivity index (χ1v) is 7.43. The van der Waals surface area contributed by atoms with E-state index in [1.807, 2.05) is 12.1 Å². The molecule has 21 heavy (non-hydrogen) atoms. The Morgan fingerprint density at radius 3 is 2.33 bits per heavy atom. The Kier molecular flexibility index (Phi) is 3.57. The summed E-state index contributed by atoms with van der Waals surface area (Å²) in [5.41, 5.74) is 7.80. The highest BCUT2D eigenvalue weighted by Crippen LogP contribution is 2.41. The molecule has 5 nitrogen and oxygen atoms in total. The van der Waals surface area contributed by atoms with Crippen LogP contribution in [0.5, 0.6) is 0 Å². The largest absolute Gasteiger partial charge is 0.465 e. The summed E-state index contributed by atoms with van der Waals surface area (Å²) in [6.45, 7) is 0.858. The third kappa shape index (κ3) is 2.86. The minimum absolute atomic E-state index is 0.0228. The van der Waals surface area contributed by atoms with Crippen LogP contribution in [0.4, 0.5) is 4.79 Å². The zero-order valence-corrected chi connectivity index (χ0v) is 11.9. The van der Waals surface area contributed by atoms with Crippen LogP contribution in [0, 0.1) is 5.92 Å². The SMILES string of the molecule is NC(=O)C(c1ccc(C2CC2)cc1)[C@H]1CCN(C(=O)O)C1. The molecule has 0 bridgehead atoms. The van der Waals surface area contributed by atoms with Gasteiger partial charge in [-0.3, -0.25) is 4.79 Å². The Morgan fingerprint density at radius 2 is 1.86 bits per heavy atom. The van der Waals surface area contributed by atoms with Crippen molar-refractivity contribution in [3.8, 4) is 0 Å². The summed E-state index contributed by atoms with van der Waals surface area (Å²) < 4.78 is 0. The number of carbonyl (C=O) groups excluding carboxylic acids is 1. The van der Waals surface area contributed by atoms with Crippen molar-refractivity contribution in [2.24, 2.45) is 11.7 Å². The quantitative estimate of drug-likeness (QED) is 0.890. The predicted molar refractivity (Wildman–Crippen MR) is 78.1 cm³/mol. The van der Waals surface area contributed by atoms with E-state index in [1.54, 1.807) is 0 Å². The van der Waals surface area contributed by atoms with Gasteiger partial charge in [-0.2, -0.15) is 0 Å². The van der Waals surface area contributed by atoms with Crippen molar-refractivity contribution in [2.75, 3.05) is 13.1 Å². The monoisotopic (exact) mass is 288 g/mol. The number of carboxylic acid groups (broad SMARTS) is 1. The molecule has 1 saturated heterocycles. The number of rotatable bonds is 4. The van der Waals surface area contributed by atoms with Crippen molar-refractivity contribution < 1.29 is 14.7 Å². The van der Waals surface area contributed by atoms with Gasteiger partial charge in [0.25, 0.3) is 0 Å². The number of hydrogen-bond acceptors (Lipinski definition) is 2. The fourth-order valence-electron chi connectivity index (χ4n) is 3.29. The zero-order chi connectivity index (χ0) is 15.0. The second-order valence-corrected chi connectivity index (χ2v) is 6.10. The number of hydrogen-bond donors (Lipinski definition) is 2. The van der Waals surface area contributed by atoms with E-state index in [2.05, 4.69) is 12.1 Å². The predicted octanol–water partition coefficient (Wildman–Crippen LogP) is 2.13. The molecule has 2 atom stereocenters. The van der Waals surface area contributed by atoms with E-state index < -0.39 is 12.0 Å². The Labute approximate surface area is 123 Å². The van der Waals surface area contributed by atoms with Gasteiger partial charge in [0.1, 0.15) is 0 Å². The molecule has 1 aliphatic carbocycles. The summed E-state index contributed by atoms with van der Waals surface area (Å²) >= 11 is 0. The van der Waals surface area contributed by atoms with Gasteiger partial charge in [-0.05, 0) is 42.2 Å². The van der Waals surface area contributed by atoms with Crippen LogP contribution in [-0.4, -0.2) is 35.1 Å².